The number of hydrogen-bond acceptors (Lipinski definition) is 4. The maximum Gasteiger partial charge on any atom is 0.162 e. The van der Waals surface area contributed by atoms with Crippen molar-refractivity contribution in [3.8, 4) is 17.1 Å². The smallest absolute Gasteiger partial charge is 0.162 e. The number of rotatable bonds is 2. The molecule has 0 amide bonds. The van der Waals surface area contributed by atoms with Crippen molar-refractivity contribution in [3.05, 3.63) is 48.0 Å². The van der Waals surface area contributed by atoms with Crippen LogP contribution in [0.1, 0.15) is 5.56 Å². The third kappa shape index (κ3) is 2.16. The zero-order chi connectivity index (χ0) is 14.1. The third-order valence-electron chi connectivity index (χ3n) is 3.21. The van der Waals surface area contributed by atoms with Crippen LogP contribution in [0, 0.1) is 6.92 Å². The summed E-state index contributed by atoms with van der Waals surface area (Å²) in [4.78, 5) is 8.98. The summed E-state index contributed by atoms with van der Waals surface area (Å²) in [5.74, 6) is 1.88. The van der Waals surface area contributed by atoms with E-state index < -0.39 is 0 Å². The molecular formula is C16H15N3O. The second kappa shape index (κ2) is 4.81. The highest BCUT2D eigenvalue weighted by atomic mass is 16.5. The monoisotopic (exact) mass is 265 g/mol. The molecule has 4 heteroatoms. The predicted octanol–water partition coefficient (Wildman–Crippen LogP) is 3.20. The van der Waals surface area contributed by atoms with Gasteiger partial charge < -0.3 is 10.5 Å². The van der Waals surface area contributed by atoms with Crippen LogP contribution in [-0.4, -0.2) is 17.1 Å². The van der Waals surface area contributed by atoms with Gasteiger partial charge >= 0.3 is 0 Å². The van der Waals surface area contributed by atoms with Crippen molar-refractivity contribution >= 4 is 16.7 Å². The second-order valence-electron chi connectivity index (χ2n) is 4.69. The summed E-state index contributed by atoms with van der Waals surface area (Å²) in [5, 5.41) is 0.886. The number of aryl methyl sites for hydroxylation is 1. The van der Waals surface area contributed by atoms with Crippen LogP contribution in [0.3, 0.4) is 0 Å². The maximum atomic E-state index is 6.05. The number of hydrogen-bond donors (Lipinski definition) is 1. The summed E-state index contributed by atoms with van der Waals surface area (Å²) in [6.07, 6.45) is 0. The molecular weight excluding hydrogens is 250 g/mol. The SMILES string of the molecule is COc1cccc(-c2nc(N)c3cc(C)ccc3n2)c1. The first-order chi connectivity index (χ1) is 9.67. The molecule has 0 aliphatic rings. The van der Waals surface area contributed by atoms with Gasteiger partial charge in [0.1, 0.15) is 11.6 Å². The van der Waals surface area contributed by atoms with Crippen LogP contribution in [0.4, 0.5) is 5.82 Å². The van der Waals surface area contributed by atoms with E-state index in [1.165, 1.54) is 0 Å². The Kier molecular flexibility index (Phi) is 2.99. The van der Waals surface area contributed by atoms with Crippen molar-refractivity contribution in [2.24, 2.45) is 0 Å². The Morgan fingerprint density at radius 1 is 1.05 bits per heavy atom. The van der Waals surface area contributed by atoms with Gasteiger partial charge in [-0.2, -0.15) is 0 Å². The van der Waals surface area contributed by atoms with Gasteiger partial charge in [-0.25, -0.2) is 9.97 Å². The first-order valence-corrected chi connectivity index (χ1v) is 6.35. The lowest BCUT2D eigenvalue weighted by Crippen LogP contribution is -1.98. The van der Waals surface area contributed by atoms with Crippen molar-refractivity contribution in [3.63, 3.8) is 0 Å². The number of methoxy groups -OCH3 is 1. The lowest BCUT2D eigenvalue weighted by molar-refractivity contribution is 0.415. The molecule has 1 heterocycles. The van der Waals surface area contributed by atoms with Crippen molar-refractivity contribution in [2.75, 3.05) is 12.8 Å². The first-order valence-electron chi connectivity index (χ1n) is 6.35. The van der Waals surface area contributed by atoms with E-state index in [0.717, 1.165) is 27.8 Å². The molecule has 2 aromatic carbocycles. The van der Waals surface area contributed by atoms with Crippen LogP contribution in [0.15, 0.2) is 42.5 Å². The van der Waals surface area contributed by atoms with E-state index in [9.17, 15) is 0 Å². The Balaban J connectivity index is 2.19. The Morgan fingerprint density at radius 3 is 2.70 bits per heavy atom. The number of ether oxygens (including phenoxy) is 1. The maximum absolute atomic E-state index is 6.05. The number of nitrogen functional groups attached to an aromatic ring is 1. The molecule has 0 fully saturated rings. The lowest BCUT2D eigenvalue weighted by Gasteiger charge is -2.07. The minimum absolute atomic E-state index is 0.497. The van der Waals surface area contributed by atoms with Crippen LogP contribution >= 0.6 is 0 Å². The molecule has 0 atom stereocenters. The number of benzene rings is 2. The van der Waals surface area contributed by atoms with Crippen molar-refractivity contribution in [2.45, 2.75) is 6.92 Å². The van der Waals surface area contributed by atoms with Gasteiger partial charge in [-0.15, -0.1) is 0 Å². The molecule has 3 aromatic rings. The first kappa shape index (κ1) is 12.4. The molecule has 0 radical (unpaired) electrons. The van der Waals surface area contributed by atoms with Gasteiger partial charge in [0.25, 0.3) is 0 Å². The topological polar surface area (TPSA) is 61.0 Å². The molecule has 0 spiro atoms. The molecule has 0 aliphatic carbocycles. The Hall–Kier alpha value is -2.62. The van der Waals surface area contributed by atoms with Gasteiger partial charge in [0, 0.05) is 10.9 Å². The number of aromatic nitrogens is 2. The summed E-state index contributed by atoms with van der Waals surface area (Å²) in [6, 6.07) is 13.6. The fourth-order valence-electron chi connectivity index (χ4n) is 2.16. The van der Waals surface area contributed by atoms with Crippen molar-refractivity contribution in [1.82, 2.24) is 9.97 Å². The van der Waals surface area contributed by atoms with Crippen LogP contribution < -0.4 is 10.5 Å². The van der Waals surface area contributed by atoms with Crippen LogP contribution in [0.2, 0.25) is 0 Å². The Labute approximate surface area is 117 Å². The minimum Gasteiger partial charge on any atom is -0.497 e. The Morgan fingerprint density at radius 2 is 1.90 bits per heavy atom. The summed E-state index contributed by atoms with van der Waals surface area (Å²) in [7, 11) is 1.64. The summed E-state index contributed by atoms with van der Waals surface area (Å²) >= 11 is 0. The van der Waals surface area contributed by atoms with E-state index in [-0.39, 0.29) is 0 Å². The van der Waals surface area contributed by atoms with E-state index in [1.807, 2.05) is 49.4 Å². The average Bonchev–Trinajstić information content (AvgIpc) is 2.48. The van der Waals surface area contributed by atoms with Gasteiger partial charge in [-0.05, 0) is 31.2 Å². The highest BCUT2D eigenvalue weighted by Crippen LogP contribution is 2.25. The van der Waals surface area contributed by atoms with Gasteiger partial charge in [0.05, 0.1) is 12.6 Å². The zero-order valence-electron chi connectivity index (χ0n) is 11.4. The fraction of sp³-hybridized carbons (Fsp3) is 0.125. The summed E-state index contributed by atoms with van der Waals surface area (Å²) in [5.41, 5.74) is 8.93. The molecule has 1 aromatic heterocycles. The molecule has 0 aliphatic heterocycles. The molecule has 4 nitrogen and oxygen atoms in total. The molecule has 0 saturated heterocycles. The molecule has 3 rings (SSSR count). The zero-order valence-corrected chi connectivity index (χ0v) is 11.4. The van der Waals surface area contributed by atoms with Crippen molar-refractivity contribution < 1.29 is 4.74 Å². The highest BCUT2D eigenvalue weighted by molar-refractivity contribution is 5.90. The van der Waals surface area contributed by atoms with E-state index >= 15 is 0 Å². The molecule has 0 saturated carbocycles. The van der Waals surface area contributed by atoms with Crippen LogP contribution in [0.5, 0.6) is 5.75 Å². The van der Waals surface area contributed by atoms with E-state index in [2.05, 4.69) is 9.97 Å². The van der Waals surface area contributed by atoms with Gasteiger partial charge in [0.2, 0.25) is 0 Å². The average molecular weight is 265 g/mol. The van der Waals surface area contributed by atoms with E-state index in [1.54, 1.807) is 7.11 Å². The standard InChI is InChI=1S/C16H15N3O/c1-10-6-7-14-13(8-10)15(17)19-16(18-14)11-4-3-5-12(9-11)20-2/h3-9H,1-2H3,(H2,17,18,19). The van der Waals surface area contributed by atoms with E-state index in [4.69, 9.17) is 10.5 Å². The van der Waals surface area contributed by atoms with Crippen LogP contribution in [-0.2, 0) is 0 Å². The quantitative estimate of drug-likeness (QED) is 0.773. The predicted molar refractivity (Wildman–Crippen MR) is 80.7 cm³/mol. The molecule has 100 valence electrons. The molecule has 0 bridgehead atoms. The molecule has 20 heavy (non-hydrogen) atoms. The van der Waals surface area contributed by atoms with Gasteiger partial charge in [0.15, 0.2) is 5.82 Å². The minimum atomic E-state index is 0.497. The number of nitrogens with two attached hydrogens (primary N) is 1. The number of nitrogens with zero attached hydrogens (tertiary/aromatic N) is 2. The largest absolute Gasteiger partial charge is 0.497 e. The number of anilines is 1. The Bertz CT molecular complexity index is 784. The third-order valence-corrected chi connectivity index (χ3v) is 3.21. The molecule has 0 unspecified atom stereocenters. The van der Waals surface area contributed by atoms with Crippen LogP contribution in [0.25, 0.3) is 22.3 Å². The molecule has 2 N–H and O–H groups in total. The van der Waals surface area contributed by atoms with Gasteiger partial charge in [-0.3, -0.25) is 0 Å². The second-order valence-corrected chi connectivity index (χ2v) is 4.69. The fourth-order valence-corrected chi connectivity index (χ4v) is 2.16. The highest BCUT2D eigenvalue weighted by Gasteiger charge is 2.08. The van der Waals surface area contributed by atoms with E-state index in [0.29, 0.717) is 11.6 Å². The summed E-state index contributed by atoms with van der Waals surface area (Å²) in [6.45, 7) is 2.02. The number of fused-ring (bicyclic) bond motifs is 1. The lowest BCUT2D eigenvalue weighted by atomic mass is 10.1. The summed E-state index contributed by atoms with van der Waals surface area (Å²) < 4.78 is 5.22. The normalized spacial score (nSPS) is 10.7. The van der Waals surface area contributed by atoms with Crippen molar-refractivity contribution in [1.29, 1.82) is 0 Å². The van der Waals surface area contributed by atoms with Gasteiger partial charge in [-0.1, -0.05) is 23.8 Å².